The minimum atomic E-state index is -3.04. The predicted octanol–water partition coefficient (Wildman–Crippen LogP) is 1.34. The molecule has 1 fully saturated rings. The van der Waals surface area contributed by atoms with Crippen molar-refractivity contribution in [3.63, 3.8) is 0 Å². The zero-order valence-electron chi connectivity index (χ0n) is 14.3. The summed E-state index contributed by atoms with van der Waals surface area (Å²) in [6, 6.07) is 1.50. The van der Waals surface area contributed by atoms with Gasteiger partial charge in [-0.05, 0) is 39.1 Å². The zero-order chi connectivity index (χ0) is 17.2. The lowest BCUT2D eigenvalue weighted by Crippen LogP contribution is -2.44. The minimum absolute atomic E-state index is 0.0481. The smallest absolute Gasteiger partial charge is 0.289 e. The molecule has 1 saturated heterocycles. The van der Waals surface area contributed by atoms with Crippen LogP contribution >= 0.6 is 0 Å². The summed E-state index contributed by atoms with van der Waals surface area (Å²) < 4.78 is 29.2. The van der Waals surface area contributed by atoms with E-state index >= 15 is 0 Å². The van der Waals surface area contributed by atoms with Gasteiger partial charge in [-0.25, -0.2) is 8.42 Å². The zero-order valence-corrected chi connectivity index (χ0v) is 15.1. The van der Waals surface area contributed by atoms with Gasteiger partial charge in [0.1, 0.15) is 5.76 Å². The van der Waals surface area contributed by atoms with Gasteiger partial charge in [-0.15, -0.1) is 0 Å². The van der Waals surface area contributed by atoms with E-state index in [2.05, 4.69) is 0 Å². The van der Waals surface area contributed by atoms with E-state index in [1.165, 1.54) is 0 Å². The molecule has 1 aromatic heterocycles. The van der Waals surface area contributed by atoms with Crippen LogP contribution < -0.4 is 0 Å². The molecule has 1 atom stereocenters. The van der Waals surface area contributed by atoms with Crippen molar-refractivity contribution in [1.29, 1.82) is 0 Å². The van der Waals surface area contributed by atoms with Crippen LogP contribution in [0.15, 0.2) is 10.5 Å². The highest BCUT2D eigenvalue weighted by atomic mass is 32.2. The fraction of sp³-hybridized carbons (Fsp3) is 0.688. The van der Waals surface area contributed by atoms with Gasteiger partial charge in [0, 0.05) is 25.6 Å². The summed E-state index contributed by atoms with van der Waals surface area (Å²) in [7, 11) is 0.821. The molecule has 2 heterocycles. The van der Waals surface area contributed by atoms with Crippen LogP contribution in [0.5, 0.6) is 0 Å². The lowest BCUT2D eigenvalue weighted by atomic mass is 10.2. The molecule has 0 radical (unpaired) electrons. The highest BCUT2D eigenvalue weighted by molar-refractivity contribution is 7.91. The van der Waals surface area contributed by atoms with Gasteiger partial charge in [0.05, 0.1) is 11.5 Å². The van der Waals surface area contributed by atoms with Gasteiger partial charge < -0.3 is 14.2 Å². The molecular weight excluding hydrogens is 316 g/mol. The number of nitrogens with zero attached hydrogens (tertiary/aromatic N) is 2. The number of amides is 1. The first-order valence-electron chi connectivity index (χ1n) is 7.99. The van der Waals surface area contributed by atoms with Crippen molar-refractivity contribution >= 4 is 15.7 Å². The van der Waals surface area contributed by atoms with E-state index in [4.69, 9.17) is 4.42 Å². The Morgan fingerprint density at radius 1 is 1.35 bits per heavy atom. The molecule has 1 aliphatic heterocycles. The summed E-state index contributed by atoms with van der Waals surface area (Å²) in [5.74, 6) is 1.10. The number of furan rings is 1. The van der Waals surface area contributed by atoms with E-state index < -0.39 is 9.84 Å². The molecule has 0 aromatic carbocycles. The summed E-state index contributed by atoms with van der Waals surface area (Å²) in [6.07, 6.45) is 1.23. The van der Waals surface area contributed by atoms with Crippen molar-refractivity contribution in [2.75, 3.05) is 38.7 Å². The van der Waals surface area contributed by atoms with Gasteiger partial charge in [-0.3, -0.25) is 4.79 Å². The van der Waals surface area contributed by atoms with Crippen molar-refractivity contribution in [1.82, 2.24) is 9.80 Å². The second-order valence-electron chi connectivity index (χ2n) is 6.43. The third kappa shape index (κ3) is 4.35. The van der Waals surface area contributed by atoms with Crippen LogP contribution in [0.3, 0.4) is 0 Å². The van der Waals surface area contributed by atoms with Crippen molar-refractivity contribution in [3.8, 4) is 0 Å². The van der Waals surface area contributed by atoms with E-state index in [1.54, 1.807) is 11.0 Å². The summed E-state index contributed by atoms with van der Waals surface area (Å²) in [5.41, 5.74) is 0.961. The summed E-state index contributed by atoms with van der Waals surface area (Å²) >= 11 is 0. The van der Waals surface area contributed by atoms with Gasteiger partial charge in [0.15, 0.2) is 15.6 Å². The molecule has 0 bridgehead atoms. The van der Waals surface area contributed by atoms with Gasteiger partial charge in [-0.1, -0.05) is 6.92 Å². The molecule has 130 valence electrons. The van der Waals surface area contributed by atoms with Crippen molar-refractivity contribution < 1.29 is 17.6 Å². The van der Waals surface area contributed by atoms with E-state index in [0.29, 0.717) is 25.3 Å². The lowest BCUT2D eigenvalue weighted by Gasteiger charge is -2.28. The third-order valence-electron chi connectivity index (χ3n) is 4.25. The molecule has 1 unspecified atom stereocenters. The Balaban J connectivity index is 2.23. The van der Waals surface area contributed by atoms with E-state index in [-0.39, 0.29) is 23.5 Å². The molecule has 0 spiro atoms. The van der Waals surface area contributed by atoms with Crippen LogP contribution in [0.25, 0.3) is 0 Å². The molecule has 0 N–H and O–H groups in total. The maximum atomic E-state index is 12.9. The van der Waals surface area contributed by atoms with Crippen molar-refractivity contribution in [2.24, 2.45) is 0 Å². The van der Waals surface area contributed by atoms with E-state index in [0.717, 1.165) is 17.7 Å². The summed E-state index contributed by atoms with van der Waals surface area (Å²) in [6.45, 7) is 5.08. The molecule has 0 aliphatic carbocycles. The molecule has 1 amide bonds. The minimum Gasteiger partial charge on any atom is -0.456 e. The Kier molecular flexibility index (Phi) is 5.52. The Labute approximate surface area is 138 Å². The third-order valence-corrected chi connectivity index (χ3v) is 6.00. The molecule has 0 saturated carbocycles. The normalized spacial score (nSPS) is 20.1. The van der Waals surface area contributed by atoms with Gasteiger partial charge in [0.25, 0.3) is 5.91 Å². The van der Waals surface area contributed by atoms with Gasteiger partial charge in [-0.2, -0.15) is 0 Å². The highest BCUT2D eigenvalue weighted by Gasteiger charge is 2.35. The van der Waals surface area contributed by atoms with E-state index in [9.17, 15) is 13.2 Å². The number of hydrogen-bond donors (Lipinski definition) is 0. The Bertz CT molecular complexity index is 664. The monoisotopic (exact) mass is 342 g/mol. The summed E-state index contributed by atoms with van der Waals surface area (Å²) in [5, 5.41) is 0. The standard InChI is InChI=1S/C16H26N2O4S/c1-5-14-12(2)10-15(22-14)16(19)18(8-7-17(3)4)13-6-9-23(20,21)11-13/h10,13H,5-9,11H2,1-4H3. The van der Waals surface area contributed by atoms with Crippen LogP contribution in [-0.4, -0.2) is 68.9 Å². The number of rotatable bonds is 6. The van der Waals surface area contributed by atoms with Crippen LogP contribution in [0.2, 0.25) is 0 Å². The molecule has 6 nitrogen and oxygen atoms in total. The van der Waals surface area contributed by atoms with E-state index in [1.807, 2.05) is 32.8 Å². The molecular formula is C16H26N2O4S. The Morgan fingerprint density at radius 2 is 2.04 bits per heavy atom. The number of carbonyl (C=O) groups is 1. The van der Waals surface area contributed by atoms with Crippen LogP contribution in [-0.2, 0) is 16.3 Å². The molecule has 2 rings (SSSR count). The first-order valence-corrected chi connectivity index (χ1v) is 9.81. The molecule has 23 heavy (non-hydrogen) atoms. The number of sulfone groups is 1. The molecule has 7 heteroatoms. The second kappa shape index (κ2) is 7.05. The predicted molar refractivity (Wildman–Crippen MR) is 89.5 cm³/mol. The topological polar surface area (TPSA) is 70.8 Å². The maximum Gasteiger partial charge on any atom is 0.289 e. The van der Waals surface area contributed by atoms with Crippen molar-refractivity contribution in [3.05, 3.63) is 23.2 Å². The van der Waals surface area contributed by atoms with Crippen molar-refractivity contribution in [2.45, 2.75) is 32.7 Å². The second-order valence-corrected chi connectivity index (χ2v) is 8.66. The fourth-order valence-corrected chi connectivity index (χ4v) is 4.63. The first-order chi connectivity index (χ1) is 10.7. The average molecular weight is 342 g/mol. The number of hydrogen-bond acceptors (Lipinski definition) is 5. The average Bonchev–Trinajstić information content (AvgIpc) is 3.01. The van der Waals surface area contributed by atoms with Gasteiger partial charge in [0.2, 0.25) is 0 Å². The SMILES string of the molecule is CCc1oc(C(=O)N(CCN(C)C)C2CCS(=O)(=O)C2)cc1C. The highest BCUT2D eigenvalue weighted by Crippen LogP contribution is 2.22. The summed E-state index contributed by atoms with van der Waals surface area (Å²) in [4.78, 5) is 16.5. The largest absolute Gasteiger partial charge is 0.456 e. The first kappa shape index (κ1) is 18.0. The Hall–Kier alpha value is -1.34. The molecule has 1 aliphatic rings. The maximum absolute atomic E-state index is 12.9. The number of carbonyl (C=O) groups excluding carboxylic acids is 1. The molecule has 1 aromatic rings. The lowest BCUT2D eigenvalue weighted by molar-refractivity contribution is 0.0649. The quantitative estimate of drug-likeness (QED) is 0.780. The van der Waals surface area contributed by atoms with Crippen LogP contribution in [0.4, 0.5) is 0 Å². The fourth-order valence-electron chi connectivity index (χ4n) is 2.90. The number of aryl methyl sites for hydroxylation is 2. The Morgan fingerprint density at radius 3 is 2.52 bits per heavy atom. The van der Waals surface area contributed by atoms with Crippen LogP contribution in [0, 0.1) is 6.92 Å². The van der Waals surface area contributed by atoms with Gasteiger partial charge >= 0.3 is 0 Å². The van der Waals surface area contributed by atoms with Crippen LogP contribution in [0.1, 0.15) is 35.2 Å². The number of likely N-dealkylation sites (N-methyl/N-ethyl adjacent to an activating group) is 1.